The number of nitrogens with two attached hydrogens (primary N) is 2. The number of fused-ring (bicyclic) bond motifs is 1. The summed E-state index contributed by atoms with van der Waals surface area (Å²) in [5.41, 5.74) is 16.4. The van der Waals surface area contributed by atoms with Crippen LogP contribution >= 0.6 is 0 Å². The average Bonchev–Trinajstić information content (AvgIpc) is 2.82. The molecule has 0 atom stereocenters. The molecule has 0 unspecified atom stereocenters. The second kappa shape index (κ2) is 12.0. The Hall–Kier alpha value is -3.39. The van der Waals surface area contributed by atoms with Gasteiger partial charge in [-0.15, -0.1) is 0 Å². The van der Waals surface area contributed by atoms with E-state index in [1.807, 2.05) is 44.5 Å². The molecule has 0 aromatic rings. The molecule has 33 heavy (non-hydrogen) atoms. The van der Waals surface area contributed by atoms with Crippen LogP contribution in [0.25, 0.3) is 0 Å². The minimum Gasteiger partial charge on any atom is -0.404 e. The van der Waals surface area contributed by atoms with Gasteiger partial charge in [0.15, 0.2) is 0 Å². The Balaban J connectivity index is 1.63. The molecule has 0 aliphatic carbocycles. The predicted octanol–water partition coefficient (Wildman–Crippen LogP) is 3.01. The number of dihydropyridines is 2. The summed E-state index contributed by atoms with van der Waals surface area (Å²) >= 11 is 0. The van der Waals surface area contributed by atoms with E-state index in [0.29, 0.717) is 17.6 Å². The van der Waals surface area contributed by atoms with E-state index in [4.69, 9.17) is 21.6 Å². The van der Waals surface area contributed by atoms with Crippen LogP contribution in [-0.2, 0) is 4.74 Å². The van der Waals surface area contributed by atoms with Crippen LogP contribution in [0, 0.1) is 17.2 Å². The summed E-state index contributed by atoms with van der Waals surface area (Å²) in [5.74, 6) is 1.87. The third kappa shape index (κ3) is 7.05. The fraction of sp³-hybridized carbons (Fsp3) is 0.400. The third-order valence-corrected chi connectivity index (χ3v) is 5.79. The van der Waals surface area contributed by atoms with E-state index in [9.17, 15) is 0 Å². The number of rotatable bonds is 9. The van der Waals surface area contributed by atoms with Crippen LogP contribution in [0.15, 0.2) is 80.6 Å². The number of nitrogens with zero attached hydrogens (tertiary/aromatic N) is 2. The van der Waals surface area contributed by atoms with Crippen LogP contribution < -0.4 is 22.1 Å². The molecule has 1 saturated heterocycles. The number of amidine groups is 1. The molecule has 0 radical (unpaired) electrons. The van der Waals surface area contributed by atoms with Crippen molar-refractivity contribution in [1.29, 1.82) is 5.41 Å². The molecule has 0 bridgehead atoms. The fourth-order valence-electron chi connectivity index (χ4n) is 3.71. The van der Waals surface area contributed by atoms with Crippen molar-refractivity contribution in [2.75, 3.05) is 19.8 Å². The normalized spacial score (nSPS) is 20.4. The Morgan fingerprint density at radius 1 is 1.27 bits per heavy atom. The smallest absolute Gasteiger partial charge is 0.132 e. The van der Waals surface area contributed by atoms with Gasteiger partial charge in [-0.2, -0.15) is 0 Å². The van der Waals surface area contributed by atoms with E-state index < -0.39 is 0 Å². The summed E-state index contributed by atoms with van der Waals surface area (Å²) in [6, 6.07) is 0. The molecule has 7 N–H and O–H groups in total. The molecule has 8 heteroatoms. The van der Waals surface area contributed by atoms with Crippen molar-refractivity contribution in [2.45, 2.75) is 33.1 Å². The van der Waals surface area contributed by atoms with Crippen LogP contribution in [0.2, 0.25) is 0 Å². The van der Waals surface area contributed by atoms with Crippen molar-refractivity contribution < 1.29 is 4.74 Å². The predicted molar refractivity (Wildman–Crippen MR) is 136 cm³/mol. The number of aliphatic imine (C=N–C) groups is 2. The van der Waals surface area contributed by atoms with Gasteiger partial charge in [0.1, 0.15) is 11.7 Å². The van der Waals surface area contributed by atoms with Crippen molar-refractivity contribution in [3.05, 3.63) is 70.6 Å². The van der Waals surface area contributed by atoms with Gasteiger partial charge in [0.2, 0.25) is 0 Å². The quantitative estimate of drug-likeness (QED) is 0.272. The lowest BCUT2D eigenvalue weighted by Crippen LogP contribution is -2.27. The topological polar surface area (TPSA) is 134 Å². The Morgan fingerprint density at radius 2 is 2.06 bits per heavy atom. The van der Waals surface area contributed by atoms with Gasteiger partial charge in [0.25, 0.3) is 0 Å². The van der Waals surface area contributed by atoms with Crippen molar-refractivity contribution in [3.63, 3.8) is 0 Å². The van der Waals surface area contributed by atoms with Gasteiger partial charge >= 0.3 is 0 Å². The van der Waals surface area contributed by atoms with E-state index in [1.54, 1.807) is 12.3 Å². The molecule has 176 valence electrons. The van der Waals surface area contributed by atoms with Crippen LogP contribution in [0.3, 0.4) is 0 Å². The molecule has 0 aromatic carbocycles. The molecule has 0 aromatic heterocycles. The zero-order valence-electron chi connectivity index (χ0n) is 19.5. The summed E-state index contributed by atoms with van der Waals surface area (Å²) in [7, 11) is 0. The van der Waals surface area contributed by atoms with E-state index >= 15 is 0 Å². The number of hydrogen-bond acceptors (Lipinski definition) is 7. The molecule has 0 amide bonds. The van der Waals surface area contributed by atoms with Crippen molar-refractivity contribution in [3.8, 4) is 0 Å². The van der Waals surface area contributed by atoms with Crippen molar-refractivity contribution in [2.24, 2.45) is 33.3 Å². The first-order chi connectivity index (χ1) is 16.0. The molecular formula is C25H35N7O. The lowest BCUT2D eigenvalue weighted by atomic mass is 9.97. The first-order valence-electron chi connectivity index (χ1n) is 11.4. The average molecular weight is 450 g/mol. The Morgan fingerprint density at radius 3 is 2.76 bits per heavy atom. The van der Waals surface area contributed by atoms with Gasteiger partial charge in [0.05, 0.1) is 11.4 Å². The maximum Gasteiger partial charge on any atom is 0.132 e. The van der Waals surface area contributed by atoms with E-state index in [0.717, 1.165) is 67.1 Å². The SMILES string of the molecule is CC(C)C(C=N)=CC(N)=NC1=CC=C2NC=C(C(C=NCCC3CCOCC3)=CN)C=C2N1. The summed E-state index contributed by atoms with van der Waals surface area (Å²) in [6.45, 7) is 6.54. The standard InChI is InChI=1S/C25H35N7O/c1-17(2)19(13-26)12-24(28)32-25-4-3-22-23(31-25)11-20(16-30-22)21(14-27)15-29-8-5-18-6-9-33-10-7-18/h3-4,11-18,26,30-31H,5-10,27H2,1-2H3,(H2,28,32). The van der Waals surface area contributed by atoms with Crippen LogP contribution in [-0.4, -0.2) is 38.0 Å². The van der Waals surface area contributed by atoms with E-state index in [1.165, 1.54) is 6.21 Å². The molecule has 3 aliphatic heterocycles. The maximum atomic E-state index is 7.52. The summed E-state index contributed by atoms with van der Waals surface area (Å²) in [6.07, 6.45) is 17.5. The highest BCUT2D eigenvalue weighted by atomic mass is 16.5. The Labute approximate surface area is 196 Å². The summed E-state index contributed by atoms with van der Waals surface area (Å²) in [5, 5.41) is 14.1. The molecule has 3 rings (SSSR count). The highest BCUT2D eigenvalue weighted by molar-refractivity contribution is 5.97. The van der Waals surface area contributed by atoms with Crippen LogP contribution in [0.1, 0.15) is 33.1 Å². The molecule has 0 saturated carbocycles. The Kier molecular flexibility index (Phi) is 8.83. The largest absolute Gasteiger partial charge is 0.404 e. The van der Waals surface area contributed by atoms with Gasteiger partial charge in [-0.1, -0.05) is 13.8 Å². The van der Waals surface area contributed by atoms with Gasteiger partial charge < -0.3 is 32.2 Å². The van der Waals surface area contributed by atoms with Crippen LogP contribution in [0.4, 0.5) is 0 Å². The summed E-state index contributed by atoms with van der Waals surface area (Å²) in [4.78, 5) is 9.05. The second-order valence-electron chi connectivity index (χ2n) is 8.54. The lowest BCUT2D eigenvalue weighted by Gasteiger charge is -2.23. The van der Waals surface area contributed by atoms with Crippen molar-refractivity contribution in [1.82, 2.24) is 10.6 Å². The Bertz CT molecular complexity index is 971. The first kappa shape index (κ1) is 24.3. The summed E-state index contributed by atoms with van der Waals surface area (Å²) < 4.78 is 5.42. The van der Waals surface area contributed by atoms with E-state index in [2.05, 4.69) is 20.6 Å². The molecular weight excluding hydrogens is 414 g/mol. The van der Waals surface area contributed by atoms with Gasteiger partial charge in [0, 0.05) is 55.7 Å². The van der Waals surface area contributed by atoms with E-state index in [-0.39, 0.29) is 5.92 Å². The number of ether oxygens (including phenoxy) is 1. The van der Waals surface area contributed by atoms with Gasteiger partial charge in [-0.3, -0.25) is 4.99 Å². The minimum atomic E-state index is 0.203. The lowest BCUT2D eigenvalue weighted by molar-refractivity contribution is 0.0647. The molecule has 8 nitrogen and oxygen atoms in total. The second-order valence-corrected chi connectivity index (χ2v) is 8.54. The highest BCUT2D eigenvalue weighted by Gasteiger charge is 2.17. The highest BCUT2D eigenvalue weighted by Crippen LogP contribution is 2.23. The minimum absolute atomic E-state index is 0.203. The number of nitrogens with one attached hydrogen (secondary N) is 3. The monoisotopic (exact) mass is 449 g/mol. The fourth-order valence-corrected chi connectivity index (χ4v) is 3.71. The zero-order chi connectivity index (χ0) is 23.6. The van der Waals surface area contributed by atoms with Gasteiger partial charge in [-0.05, 0) is 61.0 Å². The van der Waals surface area contributed by atoms with Crippen LogP contribution in [0.5, 0.6) is 0 Å². The zero-order valence-corrected chi connectivity index (χ0v) is 19.5. The van der Waals surface area contributed by atoms with Crippen molar-refractivity contribution >= 4 is 18.3 Å². The maximum absolute atomic E-state index is 7.52. The molecule has 1 fully saturated rings. The first-order valence-corrected chi connectivity index (χ1v) is 11.4. The molecule has 3 aliphatic rings. The molecule has 3 heterocycles. The van der Waals surface area contributed by atoms with Gasteiger partial charge in [-0.25, -0.2) is 4.99 Å². The number of hydrogen-bond donors (Lipinski definition) is 5. The number of allylic oxidation sites excluding steroid dienone is 6. The third-order valence-electron chi connectivity index (χ3n) is 5.79. The molecule has 0 spiro atoms.